The van der Waals surface area contributed by atoms with Crippen LogP contribution in [-0.2, 0) is 22.6 Å². The third kappa shape index (κ3) is 5.46. The quantitative estimate of drug-likeness (QED) is 0.380. The van der Waals surface area contributed by atoms with Gasteiger partial charge in [-0.3, -0.25) is 0 Å². The highest BCUT2D eigenvalue weighted by Gasteiger charge is 2.11. The summed E-state index contributed by atoms with van der Waals surface area (Å²) < 4.78 is 5.47. The van der Waals surface area contributed by atoms with E-state index >= 15 is 0 Å². The van der Waals surface area contributed by atoms with Crippen molar-refractivity contribution in [2.24, 2.45) is 0 Å². The predicted molar refractivity (Wildman–Crippen MR) is 122 cm³/mol. The lowest BCUT2D eigenvalue weighted by Crippen LogP contribution is -2.06. The maximum atomic E-state index is 11.9. The summed E-state index contributed by atoms with van der Waals surface area (Å²) in [7, 11) is 0. The number of hydrogen-bond acceptors (Lipinski definition) is 3. The van der Waals surface area contributed by atoms with E-state index < -0.39 is 0 Å². The van der Waals surface area contributed by atoms with Crippen LogP contribution in [0.15, 0.2) is 78.9 Å². The van der Waals surface area contributed by atoms with E-state index in [1.807, 2.05) is 0 Å². The Morgan fingerprint density at radius 3 is 2.20 bits per heavy atom. The van der Waals surface area contributed by atoms with Crippen molar-refractivity contribution in [2.45, 2.75) is 33.3 Å². The lowest BCUT2D eigenvalue weighted by Gasteiger charge is -2.14. The molecule has 0 fully saturated rings. The number of aliphatic hydroxyl groups excluding tert-OH is 1. The highest BCUT2D eigenvalue weighted by Crippen LogP contribution is 2.30. The summed E-state index contributed by atoms with van der Waals surface area (Å²) in [5.41, 5.74) is 8.07. The molecule has 0 unspecified atom stereocenters. The second-order valence-electron chi connectivity index (χ2n) is 7.62. The molecule has 0 spiro atoms. The molecule has 3 heteroatoms. The van der Waals surface area contributed by atoms with Crippen LogP contribution in [0.1, 0.15) is 30.0 Å². The molecule has 0 bridgehead atoms. The van der Waals surface area contributed by atoms with Gasteiger partial charge in [0.05, 0.1) is 0 Å². The molecular formula is C27H28O3. The first-order valence-electron chi connectivity index (χ1n) is 10.2. The smallest absolute Gasteiger partial charge is 0.333 e. The van der Waals surface area contributed by atoms with Crippen LogP contribution in [0.4, 0.5) is 0 Å². The molecule has 30 heavy (non-hydrogen) atoms. The third-order valence-electron chi connectivity index (χ3n) is 5.09. The van der Waals surface area contributed by atoms with Gasteiger partial charge in [-0.15, -0.1) is 0 Å². The Bertz CT molecular complexity index is 1010. The fourth-order valence-corrected chi connectivity index (χ4v) is 3.32. The minimum atomic E-state index is -0.386. The fraction of sp³-hybridized carbons (Fsp3) is 0.222. The normalized spacial score (nSPS) is 10.6. The van der Waals surface area contributed by atoms with Gasteiger partial charge < -0.3 is 9.84 Å². The zero-order valence-corrected chi connectivity index (χ0v) is 17.7. The highest BCUT2D eigenvalue weighted by molar-refractivity contribution is 5.87. The van der Waals surface area contributed by atoms with Gasteiger partial charge in [0.2, 0.25) is 0 Å². The van der Waals surface area contributed by atoms with Gasteiger partial charge in [-0.1, -0.05) is 72.8 Å². The van der Waals surface area contributed by atoms with E-state index in [0.29, 0.717) is 5.57 Å². The molecule has 0 atom stereocenters. The van der Waals surface area contributed by atoms with E-state index in [1.165, 1.54) is 11.1 Å². The van der Waals surface area contributed by atoms with E-state index in [0.717, 1.165) is 40.7 Å². The standard InChI is InChI=1S/C27H28O3/c1-19(2)27(29)30-18-25-17-24(22-12-8-21(9-13-22)5-4-16-28)14-15-26(25)23-10-6-20(3)7-11-23/h6-15,17,28H,1,4-5,16,18H2,2-3H3. The number of rotatable bonds is 8. The van der Waals surface area contributed by atoms with Gasteiger partial charge >= 0.3 is 5.97 Å². The van der Waals surface area contributed by atoms with Crippen molar-refractivity contribution < 1.29 is 14.6 Å². The summed E-state index contributed by atoms with van der Waals surface area (Å²) in [6.45, 7) is 7.77. The molecule has 3 aromatic carbocycles. The second-order valence-corrected chi connectivity index (χ2v) is 7.62. The molecule has 1 N–H and O–H groups in total. The molecule has 0 aliphatic heterocycles. The van der Waals surface area contributed by atoms with E-state index in [-0.39, 0.29) is 19.2 Å². The Labute approximate surface area is 178 Å². The van der Waals surface area contributed by atoms with Crippen LogP contribution in [0.5, 0.6) is 0 Å². The highest BCUT2D eigenvalue weighted by atomic mass is 16.5. The summed E-state index contributed by atoms with van der Waals surface area (Å²) in [6, 6.07) is 23.0. The van der Waals surface area contributed by atoms with Gasteiger partial charge in [0, 0.05) is 12.2 Å². The van der Waals surface area contributed by atoms with Crippen LogP contribution >= 0.6 is 0 Å². The first-order valence-corrected chi connectivity index (χ1v) is 10.2. The average molecular weight is 401 g/mol. The number of esters is 1. The Hall–Kier alpha value is -3.17. The largest absolute Gasteiger partial charge is 0.457 e. The summed E-state index contributed by atoms with van der Waals surface area (Å²) >= 11 is 0. The lowest BCUT2D eigenvalue weighted by molar-refractivity contribution is -0.140. The molecule has 0 radical (unpaired) electrons. The van der Waals surface area contributed by atoms with Crippen LogP contribution < -0.4 is 0 Å². The van der Waals surface area contributed by atoms with Crippen LogP contribution in [0.25, 0.3) is 22.3 Å². The zero-order chi connectivity index (χ0) is 21.5. The van der Waals surface area contributed by atoms with Crippen molar-refractivity contribution in [1.29, 1.82) is 0 Å². The van der Waals surface area contributed by atoms with Crippen molar-refractivity contribution in [1.82, 2.24) is 0 Å². The molecule has 0 saturated heterocycles. The summed E-state index contributed by atoms with van der Waals surface area (Å²) in [6.07, 6.45) is 1.63. The molecule has 0 heterocycles. The van der Waals surface area contributed by atoms with Gasteiger partial charge in [-0.25, -0.2) is 4.79 Å². The molecule has 3 nitrogen and oxygen atoms in total. The Kier molecular flexibility index (Phi) is 7.21. The molecule has 3 rings (SSSR count). The van der Waals surface area contributed by atoms with Crippen molar-refractivity contribution in [2.75, 3.05) is 6.61 Å². The number of hydrogen-bond donors (Lipinski definition) is 1. The molecule has 154 valence electrons. The number of aryl methyl sites for hydroxylation is 2. The molecular weight excluding hydrogens is 372 g/mol. The Balaban J connectivity index is 1.93. The van der Waals surface area contributed by atoms with Gasteiger partial charge in [-0.05, 0) is 66.1 Å². The molecule has 0 aromatic heterocycles. The van der Waals surface area contributed by atoms with Crippen molar-refractivity contribution in [3.8, 4) is 22.3 Å². The van der Waals surface area contributed by atoms with E-state index in [1.54, 1.807) is 6.92 Å². The summed E-state index contributed by atoms with van der Waals surface area (Å²) in [5, 5.41) is 9.01. The fourth-order valence-electron chi connectivity index (χ4n) is 3.32. The van der Waals surface area contributed by atoms with E-state index in [9.17, 15) is 4.79 Å². The number of carbonyl (C=O) groups is 1. The first-order chi connectivity index (χ1) is 14.5. The lowest BCUT2D eigenvalue weighted by atomic mass is 9.94. The van der Waals surface area contributed by atoms with Crippen molar-refractivity contribution >= 4 is 5.97 Å². The molecule has 0 aliphatic rings. The third-order valence-corrected chi connectivity index (χ3v) is 5.09. The van der Waals surface area contributed by atoms with Crippen LogP contribution in [-0.4, -0.2) is 17.7 Å². The van der Waals surface area contributed by atoms with Gasteiger partial charge in [0.25, 0.3) is 0 Å². The first kappa shape index (κ1) is 21.5. The molecule has 0 amide bonds. The van der Waals surface area contributed by atoms with Crippen LogP contribution in [0.2, 0.25) is 0 Å². The summed E-state index contributed by atoms with van der Waals surface area (Å²) in [4.78, 5) is 11.9. The zero-order valence-electron chi connectivity index (χ0n) is 17.7. The van der Waals surface area contributed by atoms with E-state index in [2.05, 4.69) is 80.2 Å². The molecule has 0 saturated carbocycles. The average Bonchev–Trinajstić information content (AvgIpc) is 2.76. The Morgan fingerprint density at radius 1 is 0.933 bits per heavy atom. The SMILES string of the molecule is C=C(C)C(=O)OCc1cc(-c2ccc(CCCO)cc2)ccc1-c1ccc(C)cc1. The monoisotopic (exact) mass is 400 g/mol. The maximum Gasteiger partial charge on any atom is 0.333 e. The van der Waals surface area contributed by atoms with Gasteiger partial charge in [0.15, 0.2) is 0 Å². The van der Waals surface area contributed by atoms with E-state index in [4.69, 9.17) is 9.84 Å². The topological polar surface area (TPSA) is 46.5 Å². The second kappa shape index (κ2) is 10.0. The molecule has 0 aliphatic carbocycles. The number of aliphatic hydroxyl groups is 1. The number of carbonyl (C=O) groups excluding carboxylic acids is 1. The van der Waals surface area contributed by atoms with Gasteiger partial charge in [0.1, 0.15) is 6.61 Å². The van der Waals surface area contributed by atoms with Crippen LogP contribution in [0, 0.1) is 6.92 Å². The number of ether oxygens (including phenoxy) is 1. The molecule has 3 aromatic rings. The maximum absolute atomic E-state index is 11.9. The van der Waals surface area contributed by atoms with Gasteiger partial charge in [-0.2, -0.15) is 0 Å². The minimum absolute atomic E-state index is 0.192. The Morgan fingerprint density at radius 2 is 1.57 bits per heavy atom. The minimum Gasteiger partial charge on any atom is -0.457 e. The predicted octanol–water partition coefficient (Wildman–Crippen LogP) is 5.87. The van der Waals surface area contributed by atoms with Crippen molar-refractivity contribution in [3.05, 3.63) is 95.6 Å². The summed E-state index contributed by atoms with van der Waals surface area (Å²) in [5.74, 6) is -0.386. The van der Waals surface area contributed by atoms with Crippen LogP contribution in [0.3, 0.4) is 0 Å². The number of benzene rings is 3. The van der Waals surface area contributed by atoms with Crippen molar-refractivity contribution in [3.63, 3.8) is 0 Å².